The molecule has 7 rings (SSSR count). The van der Waals surface area contributed by atoms with Gasteiger partial charge in [-0.05, 0) is 81.0 Å². The van der Waals surface area contributed by atoms with E-state index in [-0.39, 0.29) is 18.1 Å². The normalized spacial score (nSPS) is 41.2. The third kappa shape index (κ3) is 3.88. The van der Waals surface area contributed by atoms with Crippen molar-refractivity contribution in [2.45, 2.75) is 79.1 Å². The number of rotatable bonds is 5. The topological polar surface area (TPSA) is 119 Å². The van der Waals surface area contributed by atoms with Crippen LogP contribution < -0.4 is 5.73 Å². The lowest BCUT2D eigenvalue weighted by atomic mass is 9.44. The molecule has 0 radical (unpaired) electrons. The van der Waals surface area contributed by atoms with Crippen LogP contribution in [0.2, 0.25) is 0 Å². The van der Waals surface area contributed by atoms with Crippen molar-refractivity contribution in [1.29, 1.82) is 0 Å². The number of halogens is 1. The smallest absolute Gasteiger partial charge is 0.193 e. The number of hydrogen-bond donors (Lipinski definition) is 3. The Balaban J connectivity index is 1.20. The standard InChI is InChI=1S/C34H36FNO6S/c1-31-13-12-22(38)14-20(31)8-11-25-26-16-29-34(28(40)18-37,32(26,2)17-27(39)33(25,31)35)42-30(41-29)19-6-9-23(10-7-19)43-24-5-3-4-21(36)15-24/h3-7,9-10,12-15,25-27,29-30,37,39H,8,11,16-18,36H2,1-2H3/t25-,26-,27-,29+,30+,31-,32-,33-,34+/m0/s1. The highest BCUT2D eigenvalue weighted by Crippen LogP contribution is 2.72. The zero-order chi connectivity index (χ0) is 30.4. The fraction of sp³-hybridized carbons (Fsp3) is 0.471. The number of nitrogen functional groups attached to an aromatic ring is 1. The third-order valence-corrected chi connectivity index (χ3v) is 12.2. The van der Waals surface area contributed by atoms with Gasteiger partial charge in [-0.1, -0.05) is 48.5 Å². The van der Waals surface area contributed by atoms with E-state index in [4.69, 9.17) is 15.2 Å². The molecule has 4 N–H and O–H groups in total. The van der Waals surface area contributed by atoms with Crippen LogP contribution in [0.15, 0.2) is 82.1 Å². The Bertz CT molecular complexity index is 1560. The van der Waals surface area contributed by atoms with Gasteiger partial charge in [0.2, 0.25) is 0 Å². The molecule has 2 aromatic carbocycles. The van der Waals surface area contributed by atoms with E-state index in [2.05, 4.69) is 0 Å². The van der Waals surface area contributed by atoms with Crippen LogP contribution in [0.3, 0.4) is 0 Å². The van der Waals surface area contributed by atoms with Gasteiger partial charge in [0.05, 0.1) is 12.2 Å². The molecule has 4 aliphatic carbocycles. The Kier molecular flexibility index (Phi) is 6.62. The molecule has 0 bridgehead atoms. The van der Waals surface area contributed by atoms with Gasteiger partial charge in [-0.2, -0.15) is 0 Å². The Hall–Kier alpha value is -2.82. The summed E-state index contributed by atoms with van der Waals surface area (Å²) >= 11 is 1.57. The number of aliphatic hydroxyl groups is 2. The molecule has 9 atom stereocenters. The van der Waals surface area contributed by atoms with Crippen LogP contribution in [0.25, 0.3) is 0 Å². The molecule has 9 heteroatoms. The molecular weight excluding hydrogens is 569 g/mol. The number of carbonyl (C=O) groups excluding carboxylic acids is 2. The summed E-state index contributed by atoms with van der Waals surface area (Å²) in [7, 11) is 0. The van der Waals surface area contributed by atoms with Crippen LogP contribution >= 0.6 is 11.8 Å². The van der Waals surface area contributed by atoms with Gasteiger partial charge >= 0.3 is 0 Å². The minimum absolute atomic E-state index is 0.0383. The number of nitrogens with two attached hydrogens (primary N) is 1. The number of fused-ring (bicyclic) bond motifs is 7. The van der Waals surface area contributed by atoms with Crippen molar-refractivity contribution in [3.05, 3.63) is 77.9 Å². The first-order chi connectivity index (χ1) is 20.5. The predicted molar refractivity (Wildman–Crippen MR) is 159 cm³/mol. The molecule has 4 fully saturated rings. The van der Waals surface area contributed by atoms with Crippen molar-refractivity contribution in [2.24, 2.45) is 22.7 Å². The third-order valence-electron chi connectivity index (χ3n) is 11.2. The van der Waals surface area contributed by atoms with Crippen molar-refractivity contribution in [3.63, 3.8) is 0 Å². The average molecular weight is 606 g/mol. The summed E-state index contributed by atoms with van der Waals surface area (Å²) in [5, 5.41) is 21.9. The van der Waals surface area contributed by atoms with Gasteiger partial charge < -0.3 is 25.4 Å². The van der Waals surface area contributed by atoms with E-state index in [0.717, 1.165) is 15.4 Å². The summed E-state index contributed by atoms with van der Waals surface area (Å²) in [6.07, 6.45) is 2.81. The lowest BCUT2D eigenvalue weighted by Gasteiger charge is -2.62. The van der Waals surface area contributed by atoms with Crippen LogP contribution in [0.1, 0.15) is 51.4 Å². The van der Waals surface area contributed by atoms with Crippen molar-refractivity contribution in [2.75, 3.05) is 12.3 Å². The number of ether oxygens (including phenoxy) is 2. The van der Waals surface area contributed by atoms with E-state index in [0.29, 0.717) is 30.5 Å². The van der Waals surface area contributed by atoms with Crippen LogP contribution in [-0.4, -0.2) is 51.9 Å². The van der Waals surface area contributed by atoms with E-state index in [1.807, 2.05) is 55.5 Å². The number of aliphatic hydroxyl groups excluding tert-OH is 2. The lowest BCUT2D eigenvalue weighted by molar-refractivity contribution is -0.231. The van der Waals surface area contributed by atoms with Gasteiger partial charge in [-0.3, -0.25) is 9.59 Å². The Morgan fingerprint density at radius 1 is 1.14 bits per heavy atom. The molecular formula is C34H36FNO6S. The molecule has 1 aliphatic heterocycles. The minimum atomic E-state index is -2.03. The van der Waals surface area contributed by atoms with Gasteiger partial charge in [-0.15, -0.1) is 0 Å². The summed E-state index contributed by atoms with van der Waals surface area (Å²) in [6, 6.07) is 15.3. The first kappa shape index (κ1) is 28.9. The first-order valence-electron chi connectivity index (χ1n) is 14.9. The molecule has 7 nitrogen and oxygen atoms in total. The molecule has 0 aromatic heterocycles. The summed E-state index contributed by atoms with van der Waals surface area (Å²) in [4.78, 5) is 27.9. The second kappa shape index (κ2) is 9.84. The van der Waals surface area contributed by atoms with Crippen LogP contribution in [0.4, 0.5) is 10.1 Å². The molecule has 3 saturated carbocycles. The maximum atomic E-state index is 17.5. The molecule has 5 aliphatic rings. The number of benzene rings is 2. The first-order valence-corrected chi connectivity index (χ1v) is 15.7. The molecule has 43 heavy (non-hydrogen) atoms. The summed E-state index contributed by atoms with van der Waals surface area (Å²) in [5.74, 6) is -1.62. The van der Waals surface area contributed by atoms with E-state index < -0.39 is 58.9 Å². The molecule has 0 unspecified atom stereocenters. The second-order valence-electron chi connectivity index (χ2n) is 13.1. The Morgan fingerprint density at radius 2 is 1.91 bits per heavy atom. The molecule has 0 spiro atoms. The molecule has 0 amide bonds. The second-order valence-corrected chi connectivity index (χ2v) is 14.3. The maximum Gasteiger partial charge on any atom is 0.193 e. The largest absolute Gasteiger partial charge is 0.399 e. The van der Waals surface area contributed by atoms with Crippen molar-refractivity contribution >= 4 is 29.0 Å². The predicted octanol–water partition coefficient (Wildman–Crippen LogP) is 5.11. The number of ketones is 2. The summed E-state index contributed by atoms with van der Waals surface area (Å²) in [5.41, 5.74) is 2.34. The van der Waals surface area contributed by atoms with E-state index in [1.54, 1.807) is 24.8 Å². The van der Waals surface area contributed by atoms with Gasteiger partial charge in [-0.25, -0.2) is 4.39 Å². The van der Waals surface area contributed by atoms with Gasteiger partial charge in [0.15, 0.2) is 29.1 Å². The van der Waals surface area contributed by atoms with Gasteiger partial charge in [0.25, 0.3) is 0 Å². The van der Waals surface area contributed by atoms with Crippen molar-refractivity contribution in [3.8, 4) is 0 Å². The van der Waals surface area contributed by atoms with Crippen LogP contribution in [0, 0.1) is 22.7 Å². The molecule has 2 aromatic rings. The fourth-order valence-electron chi connectivity index (χ4n) is 9.13. The van der Waals surface area contributed by atoms with Crippen molar-refractivity contribution in [1.82, 2.24) is 0 Å². The lowest BCUT2D eigenvalue weighted by Crippen LogP contribution is -2.69. The number of Topliss-reactive ketones (excluding diaryl/α,β-unsaturated/α-hetero) is 1. The van der Waals surface area contributed by atoms with Crippen LogP contribution in [-0.2, 0) is 19.1 Å². The highest BCUT2D eigenvalue weighted by molar-refractivity contribution is 7.99. The zero-order valence-electron chi connectivity index (χ0n) is 24.2. The number of alkyl halides is 1. The Morgan fingerprint density at radius 3 is 2.63 bits per heavy atom. The molecule has 1 heterocycles. The number of carbonyl (C=O) groups is 2. The van der Waals surface area contributed by atoms with Gasteiger partial charge in [0.1, 0.15) is 6.61 Å². The number of allylic oxidation sites excluding steroid dienone is 4. The monoisotopic (exact) mass is 605 g/mol. The van der Waals surface area contributed by atoms with E-state index >= 15 is 4.39 Å². The Labute approximate surface area is 254 Å². The van der Waals surface area contributed by atoms with E-state index in [9.17, 15) is 19.8 Å². The fourth-order valence-corrected chi connectivity index (χ4v) is 10.0. The molecule has 226 valence electrons. The number of anilines is 1. The average Bonchev–Trinajstić information content (AvgIpc) is 3.47. The number of hydrogen-bond acceptors (Lipinski definition) is 8. The SMILES string of the molecule is C[C@]12C=CC(=O)C=C1CC[C@H]1[C@@H]3C[C@H]4O[C@@H](c5ccc(Sc6cccc(N)c6)cc5)O[C@@]4(C(=O)CO)[C@@]3(C)C[C@H](O)[C@@]12F. The van der Waals surface area contributed by atoms with Gasteiger partial charge in [0, 0.05) is 37.8 Å². The van der Waals surface area contributed by atoms with E-state index in [1.165, 1.54) is 12.2 Å². The molecule has 1 saturated heterocycles. The van der Waals surface area contributed by atoms with Crippen LogP contribution in [0.5, 0.6) is 0 Å². The highest BCUT2D eigenvalue weighted by Gasteiger charge is 2.79. The summed E-state index contributed by atoms with van der Waals surface area (Å²) in [6.45, 7) is 2.91. The van der Waals surface area contributed by atoms with Crippen molar-refractivity contribution < 1.29 is 33.7 Å². The zero-order valence-corrected chi connectivity index (χ0v) is 25.0. The quantitative estimate of drug-likeness (QED) is 0.402. The highest BCUT2D eigenvalue weighted by atomic mass is 32.2. The maximum absolute atomic E-state index is 17.5. The summed E-state index contributed by atoms with van der Waals surface area (Å²) < 4.78 is 30.6. The minimum Gasteiger partial charge on any atom is -0.399 e.